The lowest BCUT2D eigenvalue weighted by Gasteiger charge is -2.33. The van der Waals surface area contributed by atoms with Crippen LogP contribution >= 0.6 is 7.60 Å². The number of methoxy groups -OCH3 is 1. The van der Waals surface area contributed by atoms with E-state index in [1.807, 2.05) is 6.07 Å². The number of carbonyl (C=O) groups is 1. The van der Waals surface area contributed by atoms with Gasteiger partial charge in [-0.15, -0.1) is 13.2 Å². The first-order valence-electron chi connectivity index (χ1n) is 9.30. The average Bonchev–Trinajstić information content (AvgIpc) is 2.80. The summed E-state index contributed by atoms with van der Waals surface area (Å²) < 4.78 is 29.8. The number of nitrogens with one attached hydrogen (secondary N) is 1. The molecule has 0 aliphatic carbocycles. The van der Waals surface area contributed by atoms with Crippen LogP contribution in [0.1, 0.15) is 18.4 Å². The van der Waals surface area contributed by atoms with Gasteiger partial charge in [0.05, 0.1) is 42.1 Å². The van der Waals surface area contributed by atoms with E-state index in [1.165, 1.54) is 43.3 Å². The molecule has 2 rings (SSSR count). The quantitative estimate of drug-likeness (QED) is 0.180. The molecule has 0 spiro atoms. The number of non-ortho nitro benzene ring substituents is 1. The van der Waals surface area contributed by atoms with Gasteiger partial charge < -0.3 is 19.1 Å². The van der Waals surface area contributed by atoms with Crippen LogP contribution in [0, 0.1) is 21.4 Å². The Labute approximate surface area is 185 Å². The fourth-order valence-electron chi connectivity index (χ4n) is 3.22. The molecule has 11 heteroatoms. The molecule has 0 fully saturated rings. The van der Waals surface area contributed by atoms with Gasteiger partial charge in [-0.3, -0.25) is 14.7 Å². The Morgan fingerprint density at radius 2 is 1.97 bits per heavy atom. The van der Waals surface area contributed by atoms with Crippen molar-refractivity contribution in [1.29, 1.82) is 5.26 Å². The summed E-state index contributed by atoms with van der Waals surface area (Å²) in [6.45, 7) is 8.33. The number of carbonyl (C=O) groups excluding carboxylic acids is 1. The lowest BCUT2D eigenvalue weighted by Crippen LogP contribution is -2.30. The predicted molar refractivity (Wildman–Crippen MR) is 116 cm³/mol. The van der Waals surface area contributed by atoms with Crippen molar-refractivity contribution in [1.82, 2.24) is 5.32 Å². The van der Waals surface area contributed by atoms with Crippen LogP contribution < -0.4 is 5.32 Å². The SMILES string of the molecule is C=CCOP(=O)(OCC=C)C1=C(C)NC(C#N)=C(C(=O)OC)C1c1cccc([N+](=O)[O-])c1. The Morgan fingerprint density at radius 3 is 2.47 bits per heavy atom. The van der Waals surface area contributed by atoms with E-state index in [-0.39, 0.29) is 46.7 Å². The highest BCUT2D eigenvalue weighted by molar-refractivity contribution is 7.58. The molecule has 1 aromatic carbocycles. The number of nitriles is 1. The maximum atomic E-state index is 13.9. The van der Waals surface area contributed by atoms with Gasteiger partial charge >= 0.3 is 13.6 Å². The van der Waals surface area contributed by atoms with Gasteiger partial charge in [0.15, 0.2) is 0 Å². The minimum Gasteiger partial charge on any atom is -0.466 e. The number of rotatable bonds is 10. The maximum absolute atomic E-state index is 13.9. The molecule has 1 heterocycles. The number of nitrogens with zero attached hydrogens (tertiary/aromatic N) is 2. The fraction of sp³-hybridized carbons (Fsp3) is 0.238. The van der Waals surface area contributed by atoms with Crippen molar-refractivity contribution in [2.75, 3.05) is 20.3 Å². The first kappa shape index (κ1) is 24.8. The summed E-state index contributed by atoms with van der Waals surface area (Å²) in [6, 6.07) is 7.33. The minimum atomic E-state index is -4.12. The topological polar surface area (TPSA) is 141 Å². The Balaban J connectivity index is 2.86. The van der Waals surface area contributed by atoms with E-state index in [2.05, 4.69) is 18.5 Å². The standard InChI is InChI=1S/C21H22N3O7P/c1-5-10-30-32(28,31-11-6-2)20-14(3)23-17(13-22)19(21(25)29-4)18(20)15-8-7-9-16(12-15)24(26)27/h5-9,12,18,23H,1-2,10-11H2,3-4H3. The largest absolute Gasteiger partial charge is 0.466 e. The van der Waals surface area contributed by atoms with Crippen molar-refractivity contribution in [2.45, 2.75) is 12.8 Å². The Bertz CT molecular complexity index is 1080. The summed E-state index contributed by atoms with van der Waals surface area (Å²) in [7, 11) is -2.99. The van der Waals surface area contributed by atoms with E-state index < -0.39 is 24.4 Å². The maximum Gasteiger partial charge on any atom is 0.360 e. The van der Waals surface area contributed by atoms with Crippen LogP contribution in [0.5, 0.6) is 0 Å². The Hall–Kier alpha value is -3.51. The summed E-state index contributed by atoms with van der Waals surface area (Å²) >= 11 is 0. The lowest BCUT2D eigenvalue weighted by atomic mass is 9.86. The number of benzene rings is 1. The average molecular weight is 459 g/mol. The van der Waals surface area contributed by atoms with E-state index in [0.29, 0.717) is 0 Å². The van der Waals surface area contributed by atoms with Gasteiger partial charge in [-0.25, -0.2) is 4.79 Å². The number of hydrogen-bond donors (Lipinski definition) is 1. The molecule has 1 atom stereocenters. The summed E-state index contributed by atoms with van der Waals surface area (Å²) in [5.74, 6) is -2.06. The molecule has 0 radical (unpaired) electrons. The van der Waals surface area contributed by atoms with Gasteiger partial charge in [-0.2, -0.15) is 5.26 Å². The molecule has 0 bridgehead atoms. The van der Waals surface area contributed by atoms with Gasteiger partial charge in [-0.1, -0.05) is 24.3 Å². The van der Waals surface area contributed by atoms with Crippen molar-refractivity contribution >= 4 is 19.3 Å². The first-order valence-corrected chi connectivity index (χ1v) is 10.8. The Morgan fingerprint density at radius 1 is 1.34 bits per heavy atom. The number of allylic oxidation sites excluding steroid dienone is 3. The van der Waals surface area contributed by atoms with Crippen molar-refractivity contribution in [3.63, 3.8) is 0 Å². The van der Waals surface area contributed by atoms with Crippen LogP contribution in [-0.4, -0.2) is 31.2 Å². The highest BCUT2D eigenvalue weighted by Crippen LogP contribution is 2.64. The summed E-state index contributed by atoms with van der Waals surface area (Å²) in [5, 5.41) is 23.8. The molecular weight excluding hydrogens is 437 g/mol. The molecule has 0 amide bonds. The molecular formula is C21H22N3O7P. The van der Waals surface area contributed by atoms with E-state index in [1.54, 1.807) is 0 Å². The molecule has 0 saturated carbocycles. The van der Waals surface area contributed by atoms with Gasteiger partial charge in [0.1, 0.15) is 11.8 Å². The highest BCUT2D eigenvalue weighted by Gasteiger charge is 2.45. The second-order valence-corrected chi connectivity index (χ2v) is 8.47. The third-order valence-electron chi connectivity index (χ3n) is 4.48. The Kier molecular flexibility index (Phi) is 8.27. The van der Waals surface area contributed by atoms with Gasteiger partial charge in [0.25, 0.3) is 5.69 Å². The van der Waals surface area contributed by atoms with Crippen molar-refractivity contribution < 1.29 is 28.1 Å². The minimum absolute atomic E-state index is 0.0149. The molecule has 0 saturated heterocycles. The van der Waals surface area contributed by atoms with Crippen LogP contribution in [0.2, 0.25) is 0 Å². The molecule has 32 heavy (non-hydrogen) atoms. The second kappa shape index (κ2) is 10.7. The molecule has 1 aromatic rings. The van der Waals surface area contributed by atoms with Crippen LogP contribution in [0.4, 0.5) is 5.69 Å². The molecule has 1 N–H and O–H groups in total. The van der Waals surface area contributed by atoms with Crippen LogP contribution in [0.3, 0.4) is 0 Å². The highest BCUT2D eigenvalue weighted by atomic mass is 31.2. The molecule has 10 nitrogen and oxygen atoms in total. The monoisotopic (exact) mass is 459 g/mol. The lowest BCUT2D eigenvalue weighted by molar-refractivity contribution is -0.384. The van der Waals surface area contributed by atoms with E-state index in [9.17, 15) is 24.7 Å². The van der Waals surface area contributed by atoms with Gasteiger partial charge in [0.2, 0.25) is 0 Å². The molecule has 0 aromatic heterocycles. The van der Waals surface area contributed by atoms with Crippen molar-refractivity contribution in [3.05, 3.63) is 87.5 Å². The zero-order chi connectivity index (χ0) is 23.9. The number of esters is 1. The second-order valence-electron chi connectivity index (χ2n) is 6.48. The molecule has 1 unspecified atom stereocenters. The molecule has 168 valence electrons. The predicted octanol–water partition coefficient (Wildman–Crippen LogP) is 4.06. The third kappa shape index (κ3) is 5.03. The van der Waals surface area contributed by atoms with Crippen molar-refractivity contribution in [3.8, 4) is 6.07 Å². The van der Waals surface area contributed by atoms with E-state index in [4.69, 9.17) is 13.8 Å². The molecule has 1 aliphatic rings. The summed E-state index contributed by atoms with van der Waals surface area (Å²) in [5.41, 5.74) is -0.112. The number of ether oxygens (including phenoxy) is 1. The van der Waals surface area contributed by atoms with Crippen LogP contribution in [-0.2, 0) is 23.1 Å². The smallest absolute Gasteiger partial charge is 0.360 e. The zero-order valence-corrected chi connectivity index (χ0v) is 18.5. The van der Waals surface area contributed by atoms with Gasteiger partial charge in [-0.05, 0) is 12.5 Å². The number of nitro groups is 1. The van der Waals surface area contributed by atoms with Crippen LogP contribution in [0.25, 0.3) is 0 Å². The molecule has 1 aliphatic heterocycles. The third-order valence-corrected chi connectivity index (χ3v) is 6.64. The summed E-state index contributed by atoms with van der Waals surface area (Å²) in [6.07, 6.45) is 2.74. The number of dihydropyridines is 1. The van der Waals surface area contributed by atoms with Crippen molar-refractivity contribution in [2.24, 2.45) is 0 Å². The number of hydrogen-bond acceptors (Lipinski definition) is 9. The van der Waals surface area contributed by atoms with E-state index >= 15 is 0 Å². The number of nitro benzene ring substituents is 1. The van der Waals surface area contributed by atoms with E-state index in [0.717, 1.165) is 7.11 Å². The zero-order valence-electron chi connectivity index (χ0n) is 17.6. The fourth-order valence-corrected chi connectivity index (χ4v) is 5.24. The summed E-state index contributed by atoms with van der Waals surface area (Å²) in [4.78, 5) is 23.5. The normalized spacial score (nSPS) is 16.1. The van der Waals surface area contributed by atoms with Gasteiger partial charge in [0, 0.05) is 17.8 Å². The van der Waals surface area contributed by atoms with Crippen LogP contribution in [0.15, 0.2) is 71.9 Å². The first-order chi connectivity index (χ1) is 15.2.